The number of carbonyl (C=O) groups is 1. The number of nitrogens with zero attached hydrogens (tertiary/aromatic N) is 3. The third-order valence-electron chi connectivity index (χ3n) is 5.66. The van der Waals surface area contributed by atoms with Crippen molar-refractivity contribution < 1.29 is 13.2 Å². The Bertz CT molecular complexity index is 976. The highest BCUT2D eigenvalue weighted by Gasteiger charge is 2.37. The van der Waals surface area contributed by atoms with Crippen LogP contribution in [0.1, 0.15) is 18.4 Å². The Morgan fingerprint density at radius 1 is 0.897 bits per heavy atom. The van der Waals surface area contributed by atoms with Crippen molar-refractivity contribution in [2.75, 3.05) is 26.2 Å². The molecule has 0 N–H and O–H groups in total. The molecule has 2 aliphatic heterocycles. The first-order valence-corrected chi connectivity index (χ1v) is 12.0. The van der Waals surface area contributed by atoms with Crippen molar-refractivity contribution in [2.45, 2.75) is 30.3 Å². The van der Waals surface area contributed by atoms with Gasteiger partial charge >= 0.3 is 6.03 Å². The lowest BCUT2D eigenvalue weighted by Crippen LogP contribution is -2.48. The van der Waals surface area contributed by atoms with Gasteiger partial charge in [0.2, 0.25) is 10.0 Å². The van der Waals surface area contributed by atoms with Crippen LogP contribution in [0, 0.1) is 0 Å². The minimum atomic E-state index is -3.53. The number of benzene rings is 2. The fourth-order valence-electron chi connectivity index (χ4n) is 4.08. The van der Waals surface area contributed by atoms with Crippen molar-refractivity contribution in [3.05, 3.63) is 64.6 Å². The van der Waals surface area contributed by atoms with E-state index in [1.54, 1.807) is 24.3 Å². The van der Waals surface area contributed by atoms with E-state index in [1.807, 2.05) is 40.1 Å². The van der Waals surface area contributed by atoms with Crippen LogP contribution in [0.2, 0.25) is 0 Å². The number of sulfonamides is 1. The van der Waals surface area contributed by atoms with E-state index in [9.17, 15) is 13.2 Å². The van der Waals surface area contributed by atoms with E-state index in [1.165, 1.54) is 4.31 Å². The molecule has 0 saturated carbocycles. The largest absolute Gasteiger partial charge is 0.320 e. The molecule has 2 amide bonds. The van der Waals surface area contributed by atoms with Gasteiger partial charge in [-0.3, -0.25) is 0 Å². The van der Waals surface area contributed by atoms with Crippen LogP contribution in [0.4, 0.5) is 4.79 Å². The molecule has 0 atom stereocenters. The number of urea groups is 1. The van der Waals surface area contributed by atoms with E-state index in [0.717, 1.165) is 5.56 Å². The fraction of sp³-hybridized carbons (Fsp3) is 0.381. The molecule has 2 aromatic rings. The van der Waals surface area contributed by atoms with Gasteiger partial charge in [0.15, 0.2) is 0 Å². The second kappa shape index (κ2) is 8.45. The van der Waals surface area contributed by atoms with Crippen LogP contribution < -0.4 is 0 Å². The van der Waals surface area contributed by atoms with E-state index >= 15 is 0 Å². The normalized spacial score (nSPS) is 19.1. The van der Waals surface area contributed by atoms with E-state index < -0.39 is 10.0 Å². The minimum absolute atomic E-state index is 0.0564. The van der Waals surface area contributed by atoms with E-state index in [2.05, 4.69) is 15.9 Å². The summed E-state index contributed by atoms with van der Waals surface area (Å²) >= 11 is 3.34. The average Bonchev–Trinajstić information content (AvgIpc) is 3.09. The monoisotopic (exact) mass is 477 g/mol. The molecule has 2 saturated heterocycles. The van der Waals surface area contributed by atoms with Crippen LogP contribution in [-0.2, 0) is 16.6 Å². The van der Waals surface area contributed by atoms with Gasteiger partial charge < -0.3 is 9.80 Å². The summed E-state index contributed by atoms with van der Waals surface area (Å²) in [6, 6.07) is 17.0. The number of halogens is 1. The molecular weight excluding hydrogens is 454 g/mol. The summed E-state index contributed by atoms with van der Waals surface area (Å²) < 4.78 is 28.0. The van der Waals surface area contributed by atoms with Gasteiger partial charge in [0.25, 0.3) is 0 Å². The van der Waals surface area contributed by atoms with Crippen molar-refractivity contribution in [1.82, 2.24) is 14.1 Å². The summed E-state index contributed by atoms with van der Waals surface area (Å²) in [5.41, 5.74) is 1.12. The first kappa shape index (κ1) is 20.4. The van der Waals surface area contributed by atoms with Crippen molar-refractivity contribution in [3.63, 3.8) is 0 Å². The molecule has 0 unspecified atom stereocenters. The molecule has 2 aliphatic rings. The number of rotatable bonds is 5. The number of carbonyl (C=O) groups excluding carboxylic acids is 1. The molecule has 2 aromatic carbocycles. The van der Waals surface area contributed by atoms with Gasteiger partial charge in [-0.2, -0.15) is 4.31 Å². The predicted octanol–water partition coefficient (Wildman–Crippen LogP) is 3.54. The van der Waals surface area contributed by atoms with Gasteiger partial charge in [-0.25, -0.2) is 13.2 Å². The summed E-state index contributed by atoms with van der Waals surface area (Å²) in [5.74, 6) is 0. The number of amides is 2. The van der Waals surface area contributed by atoms with Crippen molar-refractivity contribution in [2.24, 2.45) is 0 Å². The average molecular weight is 478 g/mol. The molecule has 0 bridgehead atoms. The van der Waals surface area contributed by atoms with Crippen molar-refractivity contribution in [3.8, 4) is 0 Å². The van der Waals surface area contributed by atoms with E-state index in [-0.39, 0.29) is 12.1 Å². The van der Waals surface area contributed by atoms with E-state index in [0.29, 0.717) is 54.9 Å². The molecule has 0 spiro atoms. The van der Waals surface area contributed by atoms with Gasteiger partial charge in [0, 0.05) is 43.2 Å². The van der Waals surface area contributed by atoms with Crippen LogP contribution >= 0.6 is 15.9 Å². The molecule has 2 fully saturated rings. The summed E-state index contributed by atoms with van der Waals surface area (Å²) in [5, 5.41) is 0. The molecule has 4 rings (SSSR count). The molecule has 2 heterocycles. The lowest BCUT2D eigenvalue weighted by Gasteiger charge is -2.36. The summed E-state index contributed by atoms with van der Waals surface area (Å²) in [7, 11) is -3.53. The maximum atomic E-state index is 13.0. The Hall–Kier alpha value is -1.90. The Balaban J connectivity index is 1.38. The van der Waals surface area contributed by atoms with Gasteiger partial charge in [0.1, 0.15) is 0 Å². The topological polar surface area (TPSA) is 60.9 Å². The lowest BCUT2D eigenvalue weighted by molar-refractivity contribution is 0.153. The molecule has 8 heteroatoms. The molecule has 29 heavy (non-hydrogen) atoms. The third kappa shape index (κ3) is 4.20. The maximum absolute atomic E-state index is 13.0. The highest BCUT2D eigenvalue weighted by atomic mass is 79.9. The highest BCUT2D eigenvalue weighted by molar-refractivity contribution is 9.10. The molecular formula is C21H24BrN3O3S. The molecule has 0 radical (unpaired) electrons. The van der Waals surface area contributed by atoms with Crippen LogP contribution in [0.3, 0.4) is 0 Å². The summed E-state index contributed by atoms with van der Waals surface area (Å²) in [6.45, 7) is 2.88. The predicted molar refractivity (Wildman–Crippen MR) is 115 cm³/mol. The lowest BCUT2D eigenvalue weighted by atomic mass is 10.1. The second-order valence-corrected chi connectivity index (χ2v) is 10.2. The van der Waals surface area contributed by atoms with Crippen molar-refractivity contribution in [1.29, 1.82) is 0 Å². The SMILES string of the molecule is O=C1N(Cc2ccccc2)CCN1C1CCN(S(=O)(=O)c2ccccc2Br)CC1. The number of piperidine rings is 1. The maximum Gasteiger partial charge on any atom is 0.320 e. The first-order valence-electron chi connectivity index (χ1n) is 9.81. The second-order valence-electron chi connectivity index (χ2n) is 7.45. The van der Waals surface area contributed by atoms with Crippen LogP contribution in [-0.4, -0.2) is 60.8 Å². The Labute approximate surface area is 180 Å². The molecule has 154 valence electrons. The Kier molecular flexibility index (Phi) is 5.94. The Morgan fingerprint density at radius 2 is 1.55 bits per heavy atom. The molecule has 0 aromatic heterocycles. The Morgan fingerprint density at radius 3 is 2.24 bits per heavy atom. The van der Waals surface area contributed by atoms with E-state index in [4.69, 9.17) is 0 Å². The molecule has 6 nitrogen and oxygen atoms in total. The zero-order valence-electron chi connectivity index (χ0n) is 16.1. The van der Waals surface area contributed by atoms with Crippen LogP contribution in [0.25, 0.3) is 0 Å². The number of hydrogen-bond acceptors (Lipinski definition) is 3. The smallest absolute Gasteiger partial charge is 0.320 e. The molecule has 0 aliphatic carbocycles. The van der Waals surface area contributed by atoms with Crippen molar-refractivity contribution >= 4 is 32.0 Å². The van der Waals surface area contributed by atoms with Gasteiger partial charge in [-0.05, 0) is 46.5 Å². The standard InChI is InChI=1S/C21H24BrN3O3S/c22-19-8-4-5-9-20(19)29(27,28)24-12-10-18(11-13-24)25-15-14-23(21(25)26)16-17-6-2-1-3-7-17/h1-9,18H,10-16H2. The fourth-order valence-corrected chi connectivity index (χ4v) is 6.51. The minimum Gasteiger partial charge on any atom is -0.320 e. The van der Waals surface area contributed by atoms with Gasteiger partial charge in [-0.15, -0.1) is 0 Å². The first-order chi connectivity index (χ1) is 14.0. The zero-order chi connectivity index (χ0) is 20.4. The summed E-state index contributed by atoms with van der Waals surface area (Å²) in [4.78, 5) is 17.0. The third-order valence-corrected chi connectivity index (χ3v) is 8.57. The quantitative estimate of drug-likeness (QED) is 0.661. The summed E-state index contributed by atoms with van der Waals surface area (Å²) in [6.07, 6.45) is 1.32. The van der Waals surface area contributed by atoms with Crippen LogP contribution in [0.5, 0.6) is 0 Å². The zero-order valence-corrected chi connectivity index (χ0v) is 18.5. The van der Waals surface area contributed by atoms with Crippen LogP contribution in [0.15, 0.2) is 64.0 Å². The number of hydrogen-bond donors (Lipinski definition) is 0. The van der Waals surface area contributed by atoms with Gasteiger partial charge in [0.05, 0.1) is 4.90 Å². The van der Waals surface area contributed by atoms with Gasteiger partial charge in [-0.1, -0.05) is 42.5 Å². The highest BCUT2D eigenvalue weighted by Crippen LogP contribution is 2.29.